The molecule has 6 heteroatoms. The van der Waals surface area contributed by atoms with E-state index in [9.17, 15) is 0 Å². The Morgan fingerprint density at radius 2 is 2.56 bits per heavy atom. The topological polar surface area (TPSA) is 59.1 Å². The summed E-state index contributed by atoms with van der Waals surface area (Å²) in [5.74, 6) is 1.16. The maximum atomic E-state index is 5.10. The molecule has 1 atom stereocenters. The molecule has 1 unspecified atom stereocenters. The Hall–Kier alpha value is -0.880. The first-order chi connectivity index (χ1) is 7.79. The lowest BCUT2D eigenvalue weighted by Crippen LogP contribution is -2.29. The zero-order valence-electron chi connectivity index (χ0n) is 9.16. The van der Waals surface area contributed by atoms with Gasteiger partial charge in [-0.15, -0.1) is 0 Å². The highest BCUT2D eigenvalue weighted by Crippen LogP contribution is 2.21. The summed E-state index contributed by atoms with van der Waals surface area (Å²) in [4.78, 5) is 8.40. The highest BCUT2D eigenvalue weighted by molar-refractivity contribution is 9.10. The Morgan fingerprint density at radius 1 is 1.69 bits per heavy atom. The highest BCUT2D eigenvalue weighted by atomic mass is 79.9. The molecule has 0 aromatic carbocycles. The molecule has 0 saturated carbocycles. The molecule has 2 rings (SSSR count). The van der Waals surface area contributed by atoms with Crippen molar-refractivity contribution in [2.45, 2.75) is 18.9 Å². The van der Waals surface area contributed by atoms with Gasteiger partial charge in [0.2, 0.25) is 11.8 Å². The Morgan fingerprint density at radius 3 is 3.25 bits per heavy atom. The van der Waals surface area contributed by atoms with Crippen LogP contribution in [0.15, 0.2) is 10.7 Å². The predicted octanol–water partition coefficient (Wildman–Crippen LogP) is 1.41. The van der Waals surface area contributed by atoms with Gasteiger partial charge in [-0.2, -0.15) is 4.98 Å². The summed E-state index contributed by atoms with van der Waals surface area (Å²) in [7, 11) is 1.59. The number of ether oxygens (including phenoxy) is 1. The lowest BCUT2D eigenvalue weighted by atomic mass is 10.2. The van der Waals surface area contributed by atoms with E-state index < -0.39 is 0 Å². The summed E-state index contributed by atoms with van der Waals surface area (Å²) >= 11 is 3.32. The second kappa shape index (κ2) is 5.45. The van der Waals surface area contributed by atoms with E-state index in [1.165, 1.54) is 12.8 Å². The number of hydrogen-bond donors (Lipinski definition) is 2. The van der Waals surface area contributed by atoms with Crippen LogP contribution >= 0.6 is 15.9 Å². The maximum Gasteiger partial charge on any atom is 0.232 e. The largest absolute Gasteiger partial charge is 0.480 e. The van der Waals surface area contributed by atoms with E-state index >= 15 is 0 Å². The van der Waals surface area contributed by atoms with E-state index in [0.717, 1.165) is 17.6 Å². The highest BCUT2D eigenvalue weighted by Gasteiger charge is 2.14. The first-order valence-corrected chi connectivity index (χ1v) is 6.12. The summed E-state index contributed by atoms with van der Waals surface area (Å²) in [6, 6.07) is 0.526. The van der Waals surface area contributed by atoms with Crippen LogP contribution in [0.2, 0.25) is 0 Å². The lowest BCUT2D eigenvalue weighted by molar-refractivity contribution is 0.394. The molecule has 1 aliphatic heterocycles. The van der Waals surface area contributed by atoms with Crippen molar-refractivity contribution >= 4 is 21.9 Å². The molecule has 88 valence electrons. The number of nitrogens with one attached hydrogen (secondary N) is 2. The number of rotatable bonds is 4. The van der Waals surface area contributed by atoms with Crippen molar-refractivity contribution in [3.63, 3.8) is 0 Å². The summed E-state index contributed by atoms with van der Waals surface area (Å²) in [6.45, 7) is 1.96. The third-order valence-corrected chi connectivity index (χ3v) is 3.12. The second-order valence-electron chi connectivity index (χ2n) is 3.73. The van der Waals surface area contributed by atoms with Crippen molar-refractivity contribution in [3.05, 3.63) is 10.7 Å². The Bertz CT molecular complexity index is 355. The second-order valence-corrected chi connectivity index (χ2v) is 4.58. The number of halogens is 1. The lowest BCUT2D eigenvalue weighted by Gasteiger charge is -2.11. The van der Waals surface area contributed by atoms with E-state index in [2.05, 4.69) is 36.5 Å². The van der Waals surface area contributed by atoms with E-state index in [1.807, 2.05) is 0 Å². The van der Waals surface area contributed by atoms with Crippen molar-refractivity contribution in [2.24, 2.45) is 0 Å². The molecule has 2 heterocycles. The van der Waals surface area contributed by atoms with Crippen LogP contribution < -0.4 is 15.4 Å². The molecule has 0 amide bonds. The quantitative estimate of drug-likeness (QED) is 0.877. The van der Waals surface area contributed by atoms with Crippen molar-refractivity contribution in [1.82, 2.24) is 15.3 Å². The maximum absolute atomic E-state index is 5.10. The molecule has 5 nitrogen and oxygen atoms in total. The first-order valence-electron chi connectivity index (χ1n) is 5.33. The average molecular weight is 287 g/mol. The van der Waals surface area contributed by atoms with Crippen LogP contribution in [0.25, 0.3) is 0 Å². The molecule has 1 aliphatic rings. The van der Waals surface area contributed by atoms with Crippen molar-refractivity contribution < 1.29 is 4.74 Å². The van der Waals surface area contributed by atoms with Crippen LogP contribution in [0.4, 0.5) is 5.95 Å². The van der Waals surface area contributed by atoms with E-state index in [1.54, 1.807) is 13.3 Å². The fourth-order valence-electron chi connectivity index (χ4n) is 1.73. The van der Waals surface area contributed by atoms with Gasteiger partial charge < -0.3 is 15.4 Å². The Labute approximate surface area is 103 Å². The van der Waals surface area contributed by atoms with Gasteiger partial charge >= 0.3 is 0 Å². The minimum absolute atomic E-state index is 0.526. The minimum atomic E-state index is 0.526. The molecule has 1 saturated heterocycles. The average Bonchev–Trinajstić information content (AvgIpc) is 2.81. The van der Waals surface area contributed by atoms with Gasteiger partial charge in [-0.3, -0.25) is 0 Å². The van der Waals surface area contributed by atoms with Crippen LogP contribution in [0, 0.1) is 0 Å². The van der Waals surface area contributed by atoms with Gasteiger partial charge in [0.05, 0.1) is 17.8 Å². The molecule has 1 aromatic rings. The molecule has 0 aliphatic carbocycles. The molecule has 0 spiro atoms. The van der Waals surface area contributed by atoms with E-state index in [-0.39, 0.29) is 0 Å². The van der Waals surface area contributed by atoms with Crippen LogP contribution in [0.3, 0.4) is 0 Å². The van der Waals surface area contributed by atoms with Gasteiger partial charge in [-0.05, 0) is 35.3 Å². The molecule has 1 aromatic heterocycles. The Kier molecular flexibility index (Phi) is 3.95. The molecule has 16 heavy (non-hydrogen) atoms. The molecule has 2 N–H and O–H groups in total. The molecule has 0 bridgehead atoms. The smallest absolute Gasteiger partial charge is 0.232 e. The number of anilines is 1. The van der Waals surface area contributed by atoms with Crippen molar-refractivity contribution in [3.8, 4) is 5.88 Å². The third kappa shape index (κ3) is 2.82. The number of hydrogen-bond acceptors (Lipinski definition) is 5. The molecular weight excluding hydrogens is 272 g/mol. The van der Waals surface area contributed by atoms with Gasteiger partial charge in [-0.25, -0.2) is 4.98 Å². The summed E-state index contributed by atoms with van der Waals surface area (Å²) in [5.41, 5.74) is 0. The molecular formula is C10H15BrN4O. The monoisotopic (exact) mass is 286 g/mol. The fourth-order valence-corrected chi connectivity index (χ4v) is 2.08. The van der Waals surface area contributed by atoms with Crippen LogP contribution in [0.5, 0.6) is 5.88 Å². The van der Waals surface area contributed by atoms with Crippen LogP contribution in [-0.4, -0.2) is 36.2 Å². The normalized spacial score (nSPS) is 19.8. The van der Waals surface area contributed by atoms with Gasteiger partial charge in [0.25, 0.3) is 0 Å². The zero-order chi connectivity index (χ0) is 11.4. The zero-order valence-corrected chi connectivity index (χ0v) is 10.7. The van der Waals surface area contributed by atoms with Crippen LogP contribution in [0.1, 0.15) is 12.8 Å². The van der Waals surface area contributed by atoms with Crippen molar-refractivity contribution in [1.29, 1.82) is 0 Å². The Balaban J connectivity index is 1.93. The number of nitrogens with zero attached hydrogens (tertiary/aromatic N) is 2. The summed E-state index contributed by atoms with van der Waals surface area (Å²) in [5, 5.41) is 6.61. The first kappa shape index (κ1) is 11.6. The predicted molar refractivity (Wildman–Crippen MR) is 65.8 cm³/mol. The SMILES string of the molecule is COc1nc(NCC2CCCN2)ncc1Br. The third-order valence-electron chi connectivity index (χ3n) is 2.57. The van der Waals surface area contributed by atoms with E-state index in [4.69, 9.17) is 4.74 Å². The van der Waals surface area contributed by atoms with Gasteiger partial charge in [-0.1, -0.05) is 0 Å². The fraction of sp³-hybridized carbons (Fsp3) is 0.600. The standard InChI is InChI=1S/C10H15BrN4O/c1-16-9-8(11)6-14-10(15-9)13-5-7-3-2-4-12-7/h6-7,12H,2-5H2,1H3,(H,13,14,15). The van der Waals surface area contributed by atoms with Gasteiger partial charge in [0, 0.05) is 12.6 Å². The van der Waals surface area contributed by atoms with E-state index in [0.29, 0.717) is 17.9 Å². The minimum Gasteiger partial charge on any atom is -0.480 e. The molecule has 1 fully saturated rings. The van der Waals surface area contributed by atoms with Gasteiger partial charge in [0.15, 0.2) is 0 Å². The number of aromatic nitrogens is 2. The number of methoxy groups -OCH3 is 1. The van der Waals surface area contributed by atoms with Crippen LogP contribution in [-0.2, 0) is 0 Å². The summed E-state index contributed by atoms with van der Waals surface area (Å²) < 4.78 is 5.87. The van der Waals surface area contributed by atoms with Crippen molar-refractivity contribution in [2.75, 3.05) is 25.5 Å². The van der Waals surface area contributed by atoms with Gasteiger partial charge in [0.1, 0.15) is 0 Å². The molecule has 0 radical (unpaired) electrons. The summed E-state index contributed by atoms with van der Waals surface area (Å²) in [6.07, 6.45) is 4.15.